The molecule has 1 aromatic heterocycles. The number of carbonyl (C=O) groups is 1. The van der Waals surface area contributed by atoms with E-state index >= 15 is 0 Å². The lowest BCUT2D eigenvalue weighted by molar-refractivity contribution is 0.0692. The fraction of sp³-hybridized carbons (Fsp3) is 0.400. The van der Waals surface area contributed by atoms with Gasteiger partial charge in [0.2, 0.25) is 0 Å². The van der Waals surface area contributed by atoms with Crippen LogP contribution in [0.2, 0.25) is 0 Å². The van der Waals surface area contributed by atoms with Crippen molar-refractivity contribution in [2.45, 2.75) is 33.1 Å². The summed E-state index contributed by atoms with van der Waals surface area (Å²) in [7, 11) is 0. The van der Waals surface area contributed by atoms with E-state index in [-0.39, 0.29) is 5.56 Å². The average molecular weight is 261 g/mol. The van der Waals surface area contributed by atoms with Gasteiger partial charge in [-0.2, -0.15) is 0 Å². The first-order chi connectivity index (χ1) is 9.17. The maximum absolute atomic E-state index is 11.3. The lowest BCUT2D eigenvalue weighted by atomic mass is 10.1. The third-order valence-corrected chi connectivity index (χ3v) is 3.23. The van der Waals surface area contributed by atoms with Crippen LogP contribution in [0.4, 0.5) is 0 Å². The number of aryl methyl sites for hydroxylation is 1. The molecule has 0 unspecified atom stereocenters. The summed E-state index contributed by atoms with van der Waals surface area (Å²) in [6, 6.07) is 3.49. The second-order valence-electron chi connectivity index (χ2n) is 4.57. The van der Waals surface area contributed by atoms with E-state index in [1.165, 1.54) is 0 Å². The van der Waals surface area contributed by atoms with Crippen molar-refractivity contribution in [2.24, 2.45) is 0 Å². The quantitative estimate of drug-likeness (QED) is 0.781. The Hall–Kier alpha value is -1.97. The van der Waals surface area contributed by atoms with Gasteiger partial charge in [-0.15, -0.1) is 0 Å². The number of ether oxygens (including phenoxy) is 1. The molecule has 0 amide bonds. The molecule has 0 bridgehead atoms. The fourth-order valence-corrected chi connectivity index (χ4v) is 2.11. The summed E-state index contributed by atoms with van der Waals surface area (Å²) in [6.45, 7) is 4.67. The number of rotatable bonds is 6. The molecule has 0 spiro atoms. The Bertz CT molecular complexity index is 586. The van der Waals surface area contributed by atoms with Crippen LogP contribution in [0.25, 0.3) is 10.9 Å². The SMILES string of the molecule is CCCCOc1cc2[nH]cc(CC)c2cc1C(=O)O. The van der Waals surface area contributed by atoms with Crippen molar-refractivity contribution in [2.75, 3.05) is 6.61 Å². The van der Waals surface area contributed by atoms with Crippen LogP contribution in [-0.4, -0.2) is 22.7 Å². The molecule has 2 rings (SSSR count). The molecule has 0 atom stereocenters. The molecule has 0 saturated heterocycles. The van der Waals surface area contributed by atoms with Crippen molar-refractivity contribution in [3.8, 4) is 5.75 Å². The lowest BCUT2D eigenvalue weighted by Gasteiger charge is -2.09. The molecule has 4 heteroatoms. The minimum Gasteiger partial charge on any atom is -0.493 e. The molecule has 0 radical (unpaired) electrons. The van der Waals surface area contributed by atoms with Gasteiger partial charge in [-0.05, 0) is 24.5 Å². The Labute approximate surface area is 112 Å². The van der Waals surface area contributed by atoms with Crippen LogP contribution in [-0.2, 0) is 6.42 Å². The smallest absolute Gasteiger partial charge is 0.339 e. The number of unbranched alkanes of at least 4 members (excludes halogenated alkanes) is 1. The summed E-state index contributed by atoms with van der Waals surface area (Å²) >= 11 is 0. The van der Waals surface area contributed by atoms with Crippen molar-refractivity contribution in [1.29, 1.82) is 0 Å². The molecule has 0 aliphatic heterocycles. The average Bonchev–Trinajstić information content (AvgIpc) is 2.80. The van der Waals surface area contributed by atoms with Crippen molar-refractivity contribution >= 4 is 16.9 Å². The molecule has 2 N–H and O–H groups in total. The third-order valence-electron chi connectivity index (χ3n) is 3.23. The summed E-state index contributed by atoms with van der Waals surface area (Å²) in [5.74, 6) is -0.505. The summed E-state index contributed by atoms with van der Waals surface area (Å²) < 4.78 is 5.59. The van der Waals surface area contributed by atoms with Gasteiger partial charge in [0.25, 0.3) is 0 Å². The van der Waals surface area contributed by atoms with Crippen LogP contribution >= 0.6 is 0 Å². The van der Waals surface area contributed by atoms with Crippen LogP contribution < -0.4 is 4.74 Å². The molecule has 2 aromatic rings. The Balaban J connectivity index is 2.43. The zero-order valence-corrected chi connectivity index (χ0v) is 11.3. The van der Waals surface area contributed by atoms with Gasteiger partial charge in [0.1, 0.15) is 11.3 Å². The molecular formula is C15H19NO3. The second kappa shape index (κ2) is 5.78. The van der Waals surface area contributed by atoms with Crippen LogP contribution in [0.1, 0.15) is 42.6 Å². The highest BCUT2D eigenvalue weighted by Gasteiger charge is 2.15. The Morgan fingerprint density at radius 2 is 2.16 bits per heavy atom. The topological polar surface area (TPSA) is 62.3 Å². The van der Waals surface area contributed by atoms with Crippen molar-refractivity contribution < 1.29 is 14.6 Å². The van der Waals surface area contributed by atoms with E-state index < -0.39 is 5.97 Å². The highest BCUT2D eigenvalue weighted by Crippen LogP contribution is 2.28. The number of nitrogens with one attached hydrogen (secondary N) is 1. The molecule has 1 aromatic carbocycles. The minimum absolute atomic E-state index is 0.234. The molecule has 4 nitrogen and oxygen atoms in total. The first-order valence-corrected chi connectivity index (χ1v) is 6.67. The van der Waals surface area contributed by atoms with Gasteiger partial charge in [0.15, 0.2) is 0 Å². The molecule has 0 fully saturated rings. The van der Waals surface area contributed by atoms with Gasteiger partial charge in [-0.3, -0.25) is 0 Å². The van der Waals surface area contributed by atoms with E-state index in [1.807, 2.05) is 6.20 Å². The Morgan fingerprint density at radius 1 is 1.37 bits per heavy atom. The van der Waals surface area contributed by atoms with E-state index in [1.54, 1.807) is 12.1 Å². The maximum atomic E-state index is 11.3. The summed E-state index contributed by atoms with van der Waals surface area (Å²) in [5, 5.41) is 10.3. The molecule has 19 heavy (non-hydrogen) atoms. The predicted molar refractivity (Wildman–Crippen MR) is 75.0 cm³/mol. The zero-order chi connectivity index (χ0) is 13.8. The third kappa shape index (κ3) is 2.72. The second-order valence-corrected chi connectivity index (χ2v) is 4.57. The maximum Gasteiger partial charge on any atom is 0.339 e. The number of aromatic carboxylic acids is 1. The fourth-order valence-electron chi connectivity index (χ4n) is 2.11. The van der Waals surface area contributed by atoms with E-state index in [4.69, 9.17) is 4.74 Å². The number of carboxylic acids is 1. The minimum atomic E-state index is -0.948. The number of hydrogen-bond acceptors (Lipinski definition) is 2. The number of H-pyrrole nitrogens is 1. The molecule has 1 heterocycles. The highest BCUT2D eigenvalue weighted by atomic mass is 16.5. The van der Waals surface area contributed by atoms with Crippen molar-refractivity contribution in [3.05, 3.63) is 29.5 Å². The van der Waals surface area contributed by atoms with Crippen molar-refractivity contribution in [1.82, 2.24) is 4.98 Å². The highest BCUT2D eigenvalue weighted by molar-refractivity contribution is 5.98. The monoisotopic (exact) mass is 261 g/mol. The van der Waals surface area contributed by atoms with Crippen LogP contribution in [0.5, 0.6) is 5.75 Å². The number of hydrogen-bond donors (Lipinski definition) is 2. The van der Waals surface area contributed by atoms with Gasteiger partial charge in [0.05, 0.1) is 6.61 Å². The normalized spacial score (nSPS) is 10.8. The number of fused-ring (bicyclic) bond motifs is 1. The zero-order valence-electron chi connectivity index (χ0n) is 11.3. The van der Waals surface area contributed by atoms with Crippen LogP contribution in [0.3, 0.4) is 0 Å². The van der Waals surface area contributed by atoms with E-state index in [0.717, 1.165) is 35.7 Å². The van der Waals surface area contributed by atoms with Gasteiger partial charge >= 0.3 is 5.97 Å². The van der Waals surface area contributed by atoms with Crippen LogP contribution in [0.15, 0.2) is 18.3 Å². The van der Waals surface area contributed by atoms with Crippen molar-refractivity contribution in [3.63, 3.8) is 0 Å². The van der Waals surface area contributed by atoms with E-state index in [9.17, 15) is 9.90 Å². The largest absolute Gasteiger partial charge is 0.493 e. The Kier molecular flexibility index (Phi) is 4.10. The van der Waals surface area contributed by atoms with E-state index in [2.05, 4.69) is 18.8 Å². The molecule has 0 aliphatic rings. The first-order valence-electron chi connectivity index (χ1n) is 6.67. The number of benzene rings is 1. The van der Waals surface area contributed by atoms with E-state index in [0.29, 0.717) is 12.4 Å². The summed E-state index contributed by atoms with van der Waals surface area (Å²) in [4.78, 5) is 14.5. The standard InChI is InChI=1S/C15H19NO3/c1-3-5-6-19-14-8-13-11(7-12(14)15(17)18)10(4-2)9-16-13/h7-9,16H,3-6H2,1-2H3,(H,17,18). The predicted octanol–water partition coefficient (Wildman–Crippen LogP) is 3.61. The summed E-state index contributed by atoms with van der Waals surface area (Å²) in [5.41, 5.74) is 2.28. The van der Waals surface area contributed by atoms with Gasteiger partial charge < -0.3 is 14.8 Å². The van der Waals surface area contributed by atoms with Gasteiger partial charge in [0, 0.05) is 23.2 Å². The van der Waals surface area contributed by atoms with Gasteiger partial charge in [-0.25, -0.2) is 4.79 Å². The molecule has 102 valence electrons. The molecule has 0 saturated carbocycles. The van der Waals surface area contributed by atoms with Gasteiger partial charge in [-0.1, -0.05) is 20.3 Å². The number of aromatic amines is 1. The number of aromatic nitrogens is 1. The first kappa shape index (κ1) is 13.5. The lowest BCUT2D eigenvalue weighted by Crippen LogP contribution is -2.04. The Morgan fingerprint density at radius 3 is 2.79 bits per heavy atom. The molecular weight excluding hydrogens is 242 g/mol. The summed E-state index contributed by atoms with van der Waals surface area (Å²) in [6.07, 6.45) is 4.73. The van der Waals surface area contributed by atoms with Crippen LogP contribution in [0, 0.1) is 0 Å². The molecule has 0 aliphatic carbocycles. The number of carboxylic acid groups (broad SMARTS) is 1.